The van der Waals surface area contributed by atoms with E-state index in [0.717, 1.165) is 5.56 Å². The topological polar surface area (TPSA) is 80.3 Å². The lowest BCUT2D eigenvalue weighted by Crippen LogP contribution is -2.14. The largest absolute Gasteiger partial charge is 0.462 e. The van der Waals surface area contributed by atoms with Crippen LogP contribution in [-0.4, -0.2) is 23.5 Å². The minimum absolute atomic E-state index is 0.209. The third-order valence-electron chi connectivity index (χ3n) is 4.10. The van der Waals surface area contributed by atoms with Crippen LogP contribution < -0.4 is 10.6 Å². The van der Waals surface area contributed by atoms with Crippen LogP contribution in [0.1, 0.15) is 33.2 Å². The van der Waals surface area contributed by atoms with Gasteiger partial charge >= 0.3 is 5.97 Å². The zero-order chi connectivity index (χ0) is 19.9. The maximum Gasteiger partial charge on any atom is 0.340 e. The fourth-order valence-electron chi connectivity index (χ4n) is 2.69. The van der Waals surface area contributed by atoms with E-state index in [1.165, 1.54) is 0 Å². The predicted molar refractivity (Wildman–Crippen MR) is 109 cm³/mol. The van der Waals surface area contributed by atoms with Crippen molar-refractivity contribution in [3.05, 3.63) is 83.6 Å². The number of para-hydroxylation sites is 1. The summed E-state index contributed by atoms with van der Waals surface area (Å²) in [6.07, 6.45) is 1.59. The van der Waals surface area contributed by atoms with E-state index < -0.39 is 0 Å². The van der Waals surface area contributed by atoms with E-state index in [4.69, 9.17) is 4.74 Å². The van der Waals surface area contributed by atoms with Crippen LogP contribution in [0.3, 0.4) is 0 Å². The van der Waals surface area contributed by atoms with Gasteiger partial charge in [0, 0.05) is 5.56 Å². The number of carbonyl (C=O) groups is 2. The molecule has 1 aromatic heterocycles. The number of hydrogen-bond acceptors (Lipinski definition) is 5. The molecule has 0 fully saturated rings. The SMILES string of the molecule is CCOC(=O)c1ccccc1Nc1ccc(NC(=O)c2ccccc2C)nc1. The Kier molecular flexibility index (Phi) is 6.01. The van der Waals surface area contributed by atoms with Gasteiger partial charge in [0.1, 0.15) is 5.82 Å². The normalized spacial score (nSPS) is 10.2. The van der Waals surface area contributed by atoms with Crippen molar-refractivity contribution >= 4 is 29.1 Å². The number of aryl methyl sites for hydroxylation is 1. The molecule has 0 saturated heterocycles. The number of benzene rings is 2. The second-order valence-corrected chi connectivity index (χ2v) is 6.09. The van der Waals surface area contributed by atoms with Crippen molar-refractivity contribution in [1.29, 1.82) is 0 Å². The number of anilines is 3. The predicted octanol–water partition coefficient (Wildman–Crippen LogP) is 4.56. The Morgan fingerprint density at radius 2 is 1.68 bits per heavy atom. The van der Waals surface area contributed by atoms with Crippen molar-refractivity contribution in [2.45, 2.75) is 13.8 Å². The number of ether oxygens (including phenoxy) is 1. The van der Waals surface area contributed by atoms with E-state index in [0.29, 0.717) is 34.9 Å². The smallest absolute Gasteiger partial charge is 0.340 e. The summed E-state index contributed by atoms with van der Waals surface area (Å²) >= 11 is 0. The van der Waals surface area contributed by atoms with Crippen LogP contribution in [-0.2, 0) is 4.74 Å². The van der Waals surface area contributed by atoms with Crippen LogP contribution >= 0.6 is 0 Å². The molecule has 2 N–H and O–H groups in total. The summed E-state index contributed by atoms with van der Waals surface area (Å²) in [6.45, 7) is 3.96. The third-order valence-corrected chi connectivity index (χ3v) is 4.10. The number of rotatable bonds is 6. The molecule has 0 aliphatic carbocycles. The van der Waals surface area contributed by atoms with Gasteiger partial charge in [0.15, 0.2) is 0 Å². The Morgan fingerprint density at radius 3 is 2.36 bits per heavy atom. The summed E-state index contributed by atoms with van der Waals surface area (Å²) in [6, 6.07) is 17.9. The number of nitrogens with one attached hydrogen (secondary N) is 2. The number of nitrogens with zero attached hydrogens (tertiary/aromatic N) is 1. The minimum atomic E-state index is -0.388. The summed E-state index contributed by atoms with van der Waals surface area (Å²) in [5, 5.41) is 5.94. The van der Waals surface area contributed by atoms with Crippen molar-refractivity contribution in [2.75, 3.05) is 17.2 Å². The molecule has 6 nitrogen and oxygen atoms in total. The van der Waals surface area contributed by atoms with Gasteiger partial charge in [-0.2, -0.15) is 0 Å². The van der Waals surface area contributed by atoms with E-state index >= 15 is 0 Å². The number of amides is 1. The molecule has 2 aromatic carbocycles. The van der Waals surface area contributed by atoms with E-state index in [1.54, 1.807) is 49.5 Å². The molecule has 1 amide bonds. The molecule has 0 saturated carbocycles. The number of carbonyl (C=O) groups excluding carboxylic acids is 2. The lowest BCUT2D eigenvalue weighted by atomic mass is 10.1. The lowest BCUT2D eigenvalue weighted by molar-refractivity contribution is 0.0527. The molecular weight excluding hydrogens is 354 g/mol. The van der Waals surface area contributed by atoms with Crippen molar-refractivity contribution in [3.63, 3.8) is 0 Å². The Balaban J connectivity index is 1.71. The first kappa shape index (κ1) is 19.1. The van der Waals surface area contributed by atoms with Crippen molar-refractivity contribution in [2.24, 2.45) is 0 Å². The van der Waals surface area contributed by atoms with Crippen molar-refractivity contribution < 1.29 is 14.3 Å². The molecule has 0 bridgehead atoms. The molecule has 0 aliphatic rings. The average Bonchev–Trinajstić information content (AvgIpc) is 2.70. The lowest BCUT2D eigenvalue weighted by Gasteiger charge is -2.12. The third kappa shape index (κ3) is 4.54. The number of pyridine rings is 1. The van der Waals surface area contributed by atoms with Crippen LogP contribution in [0.25, 0.3) is 0 Å². The molecular formula is C22H21N3O3. The highest BCUT2D eigenvalue weighted by Gasteiger charge is 2.12. The zero-order valence-corrected chi connectivity index (χ0v) is 15.7. The second-order valence-electron chi connectivity index (χ2n) is 6.09. The standard InChI is InChI=1S/C22H21N3O3/c1-3-28-22(27)18-10-6-7-11-19(18)24-16-12-13-20(23-14-16)25-21(26)17-9-5-4-8-15(17)2/h4-14,24H,3H2,1-2H3,(H,23,25,26). The first-order valence-electron chi connectivity index (χ1n) is 8.94. The summed E-state index contributed by atoms with van der Waals surface area (Å²) in [5.41, 5.74) is 3.26. The van der Waals surface area contributed by atoms with Crippen LogP contribution in [0.15, 0.2) is 66.9 Å². The highest BCUT2D eigenvalue weighted by molar-refractivity contribution is 6.04. The Morgan fingerprint density at radius 1 is 0.964 bits per heavy atom. The van der Waals surface area contributed by atoms with E-state index in [2.05, 4.69) is 15.6 Å². The van der Waals surface area contributed by atoms with Gasteiger partial charge in [-0.25, -0.2) is 9.78 Å². The van der Waals surface area contributed by atoms with Gasteiger partial charge in [-0.05, 0) is 49.7 Å². The van der Waals surface area contributed by atoms with E-state index in [9.17, 15) is 9.59 Å². The maximum atomic E-state index is 12.4. The van der Waals surface area contributed by atoms with E-state index in [-0.39, 0.29) is 11.9 Å². The van der Waals surface area contributed by atoms with Crippen LogP contribution in [0.4, 0.5) is 17.2 Å². The molecule has 142 valence electrons. The monoisotopic (exact) mass is 375 g/mol. The first-order chi connectivity index (χ1) is 13.6. The van der Waals surface area contributed by atoms with Gasteiger partial charge in [-0.3, -0.25) is 4.79 Å². The summed E-state index contributed by atoms with van der Waals surface area (Å²) in [7, 11) is 0. The summed E-state index contributed by atoms with van der Waals surface area (Å²) in [4.78, 5) is 28.7. The van der Waals surface area contributed by atoms with Gasteiger partial charge in [-0.15, -0.1) is 0 Å². The molecule has 0 unspecified atom stereocenters. The zero-order valence-electron chi connectivity index (χ0n) is 15.7. The van der Waals surface area contributed by atoms with Crippen LogP contribution in [0, 0.1) is 6.92 Å². The number of esters is 1. The molecule has 28 heavy (non-hydrogen) atoms. The Bertz CT molecular complexity index is 984. The second kappa shape index (κ2) is 8.81. The average molecular weight is 375 g/mol. The van der Waals surface area contributed by atoms with Gasteiger partial charge in [0.2, 0.25) is 0 Å². The Labute approximate surface area is 163 Å². The first-order valence-corrected chi connectivity index (χ1v) is 8.94. The molecule has 0 atom stereocenters. The van der Waals surface area contributed by atoms with Crippen molar-refractivity contribution in [3.8, 4) is 0 Å². The minimum Gasteiger partial charge on any atom is -0.462 e. The fraction of sp³-hybridized carbons (Fsp3) is 0.136. The molecule has 0 spiro atoms. The molecule has 6 heteroatoms. The molecule has 3 aromatic rings. The van der Waals surface area contributed by atoms with Gasteiger partial charge < -0.3 is 15.4 Å². The summed E-state index contributed by atoms with van der Waals surface area (Å²) < 4.78 is 5.08. The summed E-state index contributed by atoms with van der Waals surface area (Å²) in [5.74, 6) is -0.155. The highest BCUT2D eigenvalue weighted by Crippen LogP contribution is 2.22. The van der Waals surface area contributed by atoms with Gasteiger partial charge in [0.25, 0.3) is 5.91 Å². The number of aromatic nitrogens is 1. The number of hydrogen-bond donors (Lipinski definition) is 2. The molecule has 0 radical (unpaired) electrons. The molecule has 3 rings (SSSR count). The fourth-order valence-corrected chi connectivity index (χ4v) is 2.69. The Hall–Kier alpha value is -3.67. The van der Waals surface area contributed by atoms with Gasteiger partial charge in [0.05, 0.1) is 29.7 Å². The van der Waals surface area contributed by atoms with Crippen LogP contribution in [0.5, 0.6) is 0 Å². The maximum absolute atomic E-state index is 12.4. The van der Waals surface area contributed by atoms with Gasteiger partial charge in [-0.1, -0.05) is 30.3 Å². The molecule has 0 aliphatic heterocycles. The molecule has 1 heterocycles. The van der Waals surface area contributed by atoms with Crippen molar-refractivity contribution in [1.82, 2.24) is 4.98 Å². The van der Waals surface area contributed by atoms with Crippen LogP contribution in [0.2, 0.25) is 0 Å². The van der Waals surface area contributed by atoms with E-state index in [1.807, 2.05) is 31.2 Å². The highest BCUT2D eigenvalue weighted by atomic mass is 16.5. The quantitative estimate of drug-likeness (QED) is 0.617.